The van der Waals surface area contributed by atoms with Crippen molar-refractivity contribution in [3.63, 3.8) is 0 Å². The topological polar surface area (TPSA) is 120 Å². The molecule has 0 fully saturated rings. The average Bonchev–Trinajstić information content (AvgIpc) is 3.32. The SMILES string of the molecule is O=C(Nc1ccc2c(c1)OCCO2)C(NS(=O)(=O)c1cccc2nsnc12)c1ccccc1. The molecule has 1 aliphatic rings. The van der Waals surface area contributed by atoms with Gasteiger partial charge in [-0.05, 0) is 29.8 Å². The lowest BCUT2D eigenvalue weighted by molar-refractivity contribution is -0.117. The van der Waals surface area contributed by atoms with Gasteiger partial charge in [-0.25, -0.2) is 8.42 Å². The first-order chi connectivity index (χ1) is 16.0. The minimum Gasteiger partial charge on any atom is -0.486 e. The molecule has 0 saturated heterocycles. The van der Waals surface area contributed by atoms with Gasteiger partial charge in [-0.2, -0.15) is 13.5 Å². The maximum atomic E-state index is 13.3. The van der Waals surface area contributed by atoms with Gasteiger partial charge in [0.05, 0.1) is 11.7 Å². The number of sulfonamides is 1. The number of amides is 1. The Bertz CT molecular complexity index is 1420. The highest BCUT2D eigenvalue weighted by atomic mass is 32.2. The molecule has 1 atom stereocenters. The fraction of sp³-hybridized carbons (Fsp3) is 0.136. The van der Waals surface area contributed by atoms with Crippen LogP contribution in [0, 0.1) is 0 Å². The first-order valence-corrected chi connectivity index (χ1v) is 12.2. The molecule has 0 bridgehead atoms. The van der Waals surface area contributed by atoms with E-state index in [1.807, 2.05) is 0 Å². The summed E-state index contributed by atoms with van der Waals surface area (Å²) >= 11 is 0.924. The monoisotopic (exact) mass is 482 g/mol. The molecule has 1 aliphatic heterocycles. The molecule has 1 amide bonds. The molecule has 0 aliphatic carbocycles. The van der Waals surface area contributed by atoms with Gasteiger partial charge in [0.15, 0.2) is 11.5 Å². The van der Waals surface area contributed by atoms with Crippen molar-refractivity contribution < 1.29 is 22.7 Å². The van der Waals surface area contributed by atoms with Gasteiger partial charge in [0.25, 0.3) is 0 Å². The number of benzene rings is 3. The predicted octanol–water partition coefficient (Wildman–Crippen LogP) is 3.12. The van der Waals surface area contributed by atoms with Crippen molar-refractivity contribution in [2.24, 2.45) is 0 Å². The van der Waals surface area contributed by atoms with Crippen LogP contribution in [0.25, 0.3) is 11.0 Å². The zero-order valence-electron chi connectivity index (χ0n) is 17.1. The van der Waals surface area contributed by atoms with Gasteiger partial charge in [0.1, 0.15) is 35.2 Å². The summed E-state index contributed by atoms with van der Waals surface area (Å²) in [5.41, 5.74) is 1.67. The van der Waals surface area contributed by atoms with Gasteiger partial charge in [-0.1, -0.05) is 36.4 Å². The molecule has 3 aromatic carbocycles. The fourth-order valence-corrected chi connectivity index (χ4v) is 5.42. The molecule has 2 N–H and O–H groups in total. The molecule has 4 aromatic rings. The maximum Gasteiger partial charge on any atom is 0.247 e. The lowest BCUT2D eigenvalue weighted by Crippen LogP contribution is -2.37. The lowest BCUT2D eigenvalue weighted by Gasteiger charge is -2.21. The number of carbonyl (C=O) groups excluding carboxylic acids is 1. The Morgan fingerprint density at radius 3 is 2.55 bits per heavy atom. The van der Waals surface area contributed by atoms with Gasteiger partial charge < -0.3 is 14.8 Å². The van der Waals surface area contributed by atoms with E-state index in [4.69, 9.17) is 9.47 Å². The van der Waals surface area contributed by atoms with Crippen molar-refractivity contribution in [2.75, 3.05) is 18.5 Å². The second kappa shape index (κ2) is 8.77. The van der Waals surface area contributed by atoms with Gasteiger partial charge in [0, 0.05) is 11.8 Å². The van der Waals surface area contributed by atoms with Crippen molar-refractivity contribution >= 4 is 44.4 Å². The van der Waals surface area contributed by atoms with E-state index in [0.717, 1.165) is 11.7 Å². The third-order valence-corrected chi connectivity index (χ3v) is 7.01. The van der Waals surface area contributed by atoms with E-state index >= 15 is 0 Å². The smallest absolute Gasteiger partial charge is 0.247 e. The summed E-state index contributed by atoms with van der Waals surface area (Å²) in [5.74, 6) is 0.549. The molecule has 1 unspecified atom stereocenters. The quantitative estimate of drug-likeness (QED) is 0.433. The standard InChI is InChI=1S/C22H18N4O5S2/c27-22(23-15-9-10-17-18(13-15)31-12-11-30-17)20(14-5-2-1-3-6-14)26-33(28,29)19-8-4-7-16-21(19)25-32-24-16/h1-10,13,20,26H,11-12H2,(H,23,27). The molecule has 0 spiro atoms. The molecule has 168 valence electrons. The number of aromatic nitrogens is 2. The number of nitrogens with one attached hydrogen (secondary N) is 2. The van der Waals surface area contributed by atoms with E-state index in [9.17, 15) is 13.2 Å². The molecule has 5 rings (SSSR count). The number of fused-ring (bicyclic) bond motifs is 2. The Balaban J connectivity index is 1.46. The average molecular weight is 483 g/mol. The van der Waals surface area contributed by atoms with E-state index < -0.39 is 22.0 Å². The van der Waals surface area contributed by atoms with Crippen LogP contribution in [0.1, 0.15) is 11.6 Å². The fourth-order valence-electron chi connectivity index (χ4n) is 3.47. The predicted molar refractivity (Wildman–Crippen MR) is 123 cm³/mol. The minimum atomic E-state index is -4.11. The summed E-state index contributed by atoms with van der Waals surface area (Å²) in [5, 5.41) is 2.77. The highest BCUT2D eigenvalue weighted by Crippen LogP contribution is 2.33. The molecule has 1 aromatic heterocycles. The largest absolute Gasteiger partial charge is 0.486 e. The minimum absolute atomic E-state index is 0.0400. The van der Waals surface area contributed by atoms with Gasteiger partial charge >= 0.3 is 0 Å². The molecule has 9 nitrogen and oxygen atoms in total. The first-order valence-electron chi connectivity index (χ1n) is 10.0. The van der Waals surface area contributed by atoms with Crippen LogP contribution in [0.5, 0.6) is 11.5 Å². The van der Waals surface area contributed by atoms with Crippen molar-refractivity contribution in [3.8, 4) is 11.5 Å². The second-order valence-corrected chi connectivity index (χ2v) is 9.41. The second-order valence-electron chi connectivity index (χ2n) is 7.20. The van der Waals surface area contributed by atoms with Crippen LogP contribution in [0.2, 0.25) is 0 Å². The van der Waals surface area contributed by atoms with Crippen molar-refractivity contribution in [2.45, 2.75) is 10.9 Å². The Kier molecular flexibility index (Phi) is 5.67. The summed E-state index contributed by atoms with van der Waals surface area (Å²) in [4.78, 5) is 13.2. The molecule has 0 radical (unpaired) electrons. The molecular formula is C22H18N4O5S2. The van der Waals surface area contributed by atoms with E-state index in [1.165, 1.54) is 6.07 Å². The summed E-state index contributed by atoms with van der Waals surface area (Å²) in [6.45, 7) is 0.867. The van der Waals surface area contributed by atoms with Crippen LogP contribution in [-0.2, 0) is 14.8 Å². The molecule has 2 heterocycles. The lowest BCUT2D eigenvalue weighted by atomic mass is 10.1. The summed E-state index contributed by atoms with van der Waals surface area (Å²) < 4.78 is 48.4. The molecule has 0 saturated carbocycles. The number of hydrogen-bond donors (Lipinski definition) is 2. The number of rotatable bonds is 6. The zero-order valence-corrected chi connectivity index (χ0v) is 18.7. The number of carbonyl (C=O) groups is 1. The highest BCUT2D eigenvalue weighted by molar-refractivity contribution is 7.89. The van der Waals surface area contributed by atoms with E-state index in [1.54, 1.807) is 60.7 Å². The van der Waals surface area contributed by atoms with Crippen LogP contribution in [0.15, 0.2) is 71.6 Å². The Labute approximate surface area is 193 Å². The Morgan fingerprint density at radius 1 is 0.939 bits per heavy atom. The Hall–Kier alpha value is -3.54. The summed E-state index contributed by atoms with van der Waals surface area (Å²) in [6, 6.07) is 17.2. The molecular weight excluding hydrogens is 464 g/mol. The van der Waals surface area contributed by atoms with Crippen molar-refractivity contribution in [3.05, 3.63) is 72.3 Å². The molecule has 33 heavy (non-hydrogen) atoms. The third kappa shape index (κ3) is 4.38. The van der Waals surface area contributed by atoms with Gasteiger partial charge in [0.2, 0.25) is 15.9 Å². The highest BCUT2D eigenvalue weighted by Gasteiger charge is 2.29. The Morgan fingerprint density at radius 2 is 1.73 bits per heavy atom. The third-order valence-electron chi connectivity index (χ3n) is 5.02. The van der Waals surface area contributed by atoms with E-state index in [0.29, 0.717) is 41.5 Å². The summed E-state index contributed by atoms with van der Waals surface area (Å²) in [7, 11) is -4.11. The van der Waals surface area contributed by atoms with E-state index in [2.05, 4.69) is 18.8 Å². The van der Waals surface area contributed by atoms with Crippen molar-refractivity contribution in [1.29, 1.82) is 0 Å². The number of ether oxygens (including phenoxy) is 2. The van der Waals surface area contributed by atoms with Gasteiger partial charge in [-0.15, -0.1) is 0 Å². The number of anilines is 1. The normalized spacial score (nSPS) is 14.1. The van der Waals surface area contributed by atoms with Gasteiger partial charge in [-0.3, -0.25) is 4.79 Å². The van der Waals surface area contributed by atoms with Crippen LogP contribution in [0.4, 0.5) is 5.69 Å². The molecule has 11 heteroatoms. The van der Waals surface area contributed by atoms with Crippen LogP contribution < -0.4 is 19.5 Å². The van der Waals surface area contributed by atoms with Crippen LogP contribution in [-0.4, -0.2) is 36.3 Å². The number of hydrogen-bond acceptors (Lipinski definition) is 8. The van der Waals surface area contributed by atoms with Crippen molar-refractivity contribution in [1.82, 2.24) is 13.5 Å². The maximum absolute atomic E-state index is 13.3. The van der Waals surface area contributed by atoms with Crippen LogP contribution >= 0.6 is 11.7 Å². The summed E-state index contributed by atoms with van der Waals surface area (Å²) in [6.07, 6.45) is 0. The van der Waals surface area contributed by atoms with Crippen LogP contribution in [0.3, 0.4) is 0 Å². The van der Waals surface area contributed by atoms with E-state index in [-0.39, 0.29) is 10.4 Å². The zero-order chi connectivity index (χ0) is 22.8. The number of nitrogens with zero attached hydrogens (tertiary/aromatic N) is 2. The first kappa shape index (κ1) is 21.3.